The standard InChI is InChI=1S/C21H35N/c1-13(2)7-9-16-15(4)17-11-12-21(5,22-6)18-10-8-14(3)19(16)20(17)18/h7,9,14-20H,1,6,8,10-12,22H2,2-5H3. The maximum absolute atomic E-state index is 4.21. The monoisotopic (exact) mass is 301 g/mol. The fourth-order valence-electron chi connectivity index (χ4n) is 6.40. The van der Waals surface area contributed by atoms with E-state index < -0.39 is 0 Å². The molecular formula is C21H35N. The van der Waals surface area contributed by atoms with Gasteiger partial charge in [-0.3, -0.25) is 0 Å². The van der Waals surface area contributed by atoms with Crippen LogP contribution in [-0.2, 0) is 0 Å². The average Bonchev–Trinajstić information content (AvgIpc) is 2.76. The molecule has 3 saturated carbocycles. The molecule has 1 nitrogen and oxygen atoms in total. The van der Waals surface area contributed by atoms with Crippen LogP contribution < -0.4 is 5.32 Å². The highest BCUT2D eigenvalue weighted by Crippen LogP contribution is 2.62. The second-order valence-corrected chi connectivity index (χ2v) is 8.87. The number of allylic oxidation sites excluding steroid dienone is 3. The van der Waals surface area contributed by atoms with E-state index in [1.807, 2.05) is 0 Å². The molecule has 0 aliphatic heterocycles. The molecule has 0 bridgehead atoms. The summed E-state index contributed by atoms with van der Waals surface area (Å²) in [7, 11) is 4.21. The number of hydrogen-bond donors (Lipinski definition) is 1. The summed E-state index contributed by atoms with van der Waals surface area (Å²) in [6.45, 7) is 13.7. The predicted octanol–water partition coefficient (Wildman–Crippen LogP) is 4.19. The Hall–Kier alpha value is -0.560. The second-order valence-electron chi connectivity index (χ2n) is 8.87. The van der Waals surface area contributed by atoms with Gasteiger partial charge in [0.05, 0.1) is 5.54 Å². The Kier molecular flexibility index (Phi) is 4.31. The smallest absolute Gasteiger partial charge is 0.0726 e. The number of rotatable bonds is 3. The van der Waals surface area contributed by atoms with Crippen molar-refractivity contribution >= 4 is 0 Å². The third-order valence-electron chi connectivity index (χ3n) is 7.65. The molecule has 0 spiro atoms. The molecule has 3 fully saturated rings. The van der Waals surface area contributed by atoms with Gasteiger partial charge >= 0.3 is 0 Å². The van der Waals surface area contributed by atoms with E-state index in [9.17, 15) is 0 Å². The fourth-order valence-corrected chi connectivity index (χ4v) is 6.40. The van der Waals surface area contributed by atoms with Gasteiger partial charge in [-0.1, -0.05) is 38.2 Å². The Morgan fingerprint density at radius 2 is 1.95 bits per heavy atom. The van der Waals surface area contributed by atoms with Crippen molar-refractivity contribution in [1.29, 1.82) is 0 Å². The van der Waals surface area contributed by atoms with E-state index >= 15 is 0 Å². The van der Waals surface area contributed by atoms with Gasteiger partial charge in [0.1, 0.15) is 0 Å². The highest BCUT2D eigenvalue weighted by Gasteiger charge is 2.60. The molecular weight excluding hydrogens is 266 g/mol. The first-order valence-corrected chi connectivity index (χ1v) is 9.36. The highest BCUT2D eigenvalue weighted by atomic mass is 15.0. The first-order valence-electron chi connectivity index (χ1n) is 9.36. The zero-order valence-corrected chi connectivity index (χ0v) is 15.0. The molecule has 1 heteroatoms. The van der Waals surface area contributed by atoms with Gasteiger partial charge in [-0.15, -0.1) is 0 Å². The topological polar surface area (TPSA) is 16.6 Å². The number of quaternary nitrogens is 1. The van der Waals surface area contributed by atoms with E-state index in [0.717, 1.165) is 41.4 Å². The lowest BCUT2D eigenvalue weighted by Crippen LogP contribution is -2.94. The largest absolute Gasteiger partial charge is 0.474 e. The van der Waals surface area contributed by atoms with Gasteiger partial charge in [-0.2, -0.15) is 7.05 Å². The molecule has 3 aliphatic rings. The number of nitrogens with two attached hydrogens (primary N) is 1. The Morgan fingerprint density at radius 1 is 1.23 bits per heavy atom. The van der Waals surface area contributed by atoms with Crippen molar-refractivity contribution in [3.8, 4) is 0 Å². The first kappa shape index (κ1) is 16.3. The molecule has 0 aromatic rings. The minimum Gasteiger partial charge on any atom is -0.474 e. The molecule has 0 aromatic carbocycles. The third kappa shape index (κ3) is 2.40. The van der Waals surface area contributed by atoms with Gasteiger partial charge in [0, 0.05) is 12.3 Å². The van der Waals surface area contributed by atoms with E-state index in [2.05, 4.69) is 58.8 Å². The summed E-state index contributed by atoms with van der Waals surface area (Å²) in [4.78, 5) is 0. The molecule has 124 valence electrons. The Balaban J connectivity index is 1.95. The summed E-state index contributed by atoms with van der Waals surface area (Å²) in [6.07, 6.45) is 10.4. The zero-order chi connectivity index (χ0) is 16.1. The van der Waals surface area contributed by atoms with Gasteiger partial charge in [0.2, 0.25) is 0 Å². The van der Waals surface area contributed by atoms with Gasteiger partial charge in [-0.25, -0.2) is 0 Å². The van der Waals surface area contributed by atoms with Crippen LogP contribution in [-0.4, -0.2) is 5.54 Å². The fraction of sp³-hybridized carbons (Fsp3) is 0.762. The van der Waals surface area contributed by atoms with Gasteiger partial charge in [0.15, 0.2) is 0 Å². The lowest BCUT2D eigenvalue weighted by atomic mass is 9.55. The summed E-state index contributed by atoms with van der Waals surface area (Å²) in [5, 5.41) is 2.29. The SMILES string of the molecule is C=C(C)C=CC1C(C)C2CCC(C)([NH2+][CH2-])C3CCC(C)C1C23. The normalized spacial score (nSPS) is 51.0. The molecule has 0 aromatic heterocycles. The molecule has 3 rings (SSSR count). The molecule has 3 aliphatic carbocycles. The predicted molar refractivity (Wildman–Crippen MR) is 93.9 cm³/mol. The molecule has 2 N–H and O–H groups in total. The Labute approximate surface area is 137 Å². The minimum absolute atomic E-state index is 0.381. The summed E-state index contributed by atoms with van der Waals surface area (Å²) in [5.41, 5.74) is 1.57. The summed E-state index contributed by atoms with van der Waals surface area (Å²) >= 11 is 0. The molecule has 22 heavy (non-hydrogen) atoms. The zero-order valence-electron chi connectivity index (χ0n) is 15.0. The van der Waals surface area contributed by atoms with E-state index in [1.54, 1.807) is 0 Å². The maximum atomic E-state index is 4.21. The van der Waals surface area contributed by atoms with E-state index in [0.29, 0.717) is 5.54 Å². The van der Waals surface area contributed by atoms with Crippen molar-refractivity contribution in [2.45, 2.75) is 58.9 Å². The minimum atomic E-state index is 0.381. The quantitative estimate of drug-likeness (QED) is 0.595. The van der Waals surface area contributed by atoms with Crippen molar-refractivity contribution in [1.82, 2.24) is 0 Å². The lowest BCUT2D eigenvalue weighted by molar-refractivity contribution is -0.687. The molecule has 0 amide bonds. The van der Waals surface area contributed by atoms with Crippen LogP contribution >= 0.6 is 0 Å². The molecule has 8 atom stereocenters. The van der Waals surface area contributed by atoms with Gasteiger partial charge in [-0.05, 0) is 68.6 Å². The van der Waals surface area contributed by atoms with Crippen LogP contribution in [0.15, 0.2) is 24.3 Å². The first-order chi connectivity index (χ1) is 10.4. The van der Waals surface area contributed by atoms with Crippen LogP contribution in [0.3, 0.4) is 0 Å². The second kappa shape index (κ2) is 5.82. The van der Waals surface area contributed by atoms with Gasteiger partial charge in [0.25, 0.3) is 0 Å². The molecule has 0 saturated heterocycles. The summed E-state index contributed by atoms with van der Waals surface area (Å²) in [6, 6.07) is 0. The summed E-state index contributed by atoms with van der Waals surface area (Å²) < 4.78 is 0. The van der Waals surface area contributed by atoms with Crippen LogP contribution in [0.1, 0.15) is 53.4 Å². The van der Waals surface area contributed by atoms with Gasteiger partial charge < -0.3 is 5.32 Å². The van der Waals surface area contributed by atoms with Crippen LogP contribution in [0.2, 0.25) is 0 Å². The van der Waals surface area contributed by atoms with Crippen LogP contribution in [0, 0.1) is 48.5 Å². The summed E-state index contributed by atoms with van der Waals surface area (Å²) in [5.74, 6) is 6.09. The van der Waals surface area contributed by atoms with Crippen molar-refractivity contribution < 1.29 is 5.32 Å². The van der Waals surface area contributed by atoms with Crippen molar-refractivity contribution in [2.75, 3.05) is 0 Å². The Morgan fingerprint density at radius 3 is 2.59 bits per heavy atom. The maximum Gasteiger partial charge on any atom is 0.0726 e. The van der Waals surface area contributed by atoms with E-state index in [4.69, 9.17) is 0 Å². The Bertz CT molecular complexity index is 465. The highest BCUT2D eigenvalue weighted by molar-refractivity contribution is 5.17. The van der Waals surface area contributed by atoms with Crippen LogP contribution in [0.4, 0.5) is 0 Å². The van der Waals surface area contributed by atoms with Crippen molar-refractivity contribution in [3.05, 3.63) is 31.4 Å². The third-order valence-corrected chi connectivity index (χ3v) is 7.65. The molecule has 0 heterocycles. The average molecular weight is 302 g/mol. The van der Waals surface area contributed by atoms with Crippen molar-refractivity contribution in [3.63, 3.8) is 0 Å². The molecule has 8 unspecified atom stereocenters. The lowest BCUT2D eigenvalue weighted by Gasteiger charge is -2.53. The van der Waals surface area contributed by atoms with Crippen LogP contribution in [0.5, 0.6) is 0 Å². The van der Waals surface area contributed by atoms with Crippen LogP contribution in [0.25, 0.3) is 0 Å². The van der Waals surface area contributed by atoms with Crippen molar-refractivity contribution in [2.24, 2.45) is 41.4 Å². The molecule has 0 radical (unpaired) electrons. The number of hydrogen-bond acceptors (Lipinski definition) is 0. The van der Waals surface area contributed by atoms with E-state index in [1.165, 1.54) is 31.3 Å². The van der Waals surface area contributed by atoms with E-state index in [-0.39, 0.29) is 0 Å².